The smallest absolute Gasteiger partial charge is 0.144 e. The number of rotatable bonds is 5. The van der Waals surface area contributed by atoms with E-state index in [0.29, 0.717) is 18.8 Å². The first-order valence-corrected chi connectivity index (χ1v) is 7.19. The third-order valence-corrected chi connectivity index (χ3v) is 3.83. The number of Topliss-reactive ketones (excluding diaryl/α,β-unsaturated/α-hetero) is 1. The fourth-order valence-corrected chi connectivity index (χ4v) is 2.74. The molecule has 0 amide bonds. The maximum absolute atomic E-state index is 13.6. The van der Waals surface area contributed by atoms with Crippen molar-refractivity contribution in [2.24, 2.45) is 5.92 Å². The van der Waals surface area contributed by atoms with Gasteiger partial charge in [0.2, 0.25) is 0 Å². The molecule has 2 rings (SSSR count). The lowest BCUT2D eigenvalue weighted by Gasteiger charge is -2.17. The minimum Gasteiger partial charge on any atom is -0.379 e. The first-order chi connectivity index (χ1) is 9.11. The number of carbonyl (C=O) groups excluding carboxylic acids is 1. The van der Waals surface area contributed by atoms with E-state index in [1.54, 1.807) is 12.1 Å². The minimum atomic E-state index is -0.338. The van der Waals surface area contributed by atoms with Gasteiger partial charge in [-0.3, -0.25) is 4.79 Å². The molecule has 1 N–H and O–H groups in total. The fourth-order valence-electron chi connectivity index (χ4n) is 2.33. The predicted octanol–water partition coefficient (Wildman–Crippen LogP) is 2.32. The van der Waals surface area contributed by atoms with Crippen molar-refractivity contribution in [2.45, 2.75) is 19.4 Å². The van der Waals surface area contributed by atoms with E-state index < -0.39 is 0 Å². The highest BCUT2D eigenvalue weighted by molar-refractivity contribution is 9.10. The van der Waals surface area contributed by atoms with Gasteiger partial charge in [-0.25, -0.2) is 4.39 Å². The Balaban J connectivity index is 2.06. The van der Waals surface area contributed by atoms with Crippen LogP contribution >= 0.6 is 15.9 Å². The molecule has 1 heterocycles. The van der Waals surface area contributed by atoms with Crippen LogP contribution in [0.1, 0.15) is 12.5 Å². The van der Waals surface area contributed by atoms with Crippen LogP contribution in [-0.2, 0) is 16.0 Å². The average molecular weight is 330 g/mol. The molecular formula is C14H17BrFNO2. The van der Waals surface area contributed by atoms with Gasteiger partial charge in [0.1, 0.15) is 11.6 Å². The van der Waals surface area contributed by atoms with Crippen molar-refractivity contribution in [1.29, 1.82) is 0 Å². The largest absolute Gasteiger partial charge is 0.379 e. The fraction of sp³-hybridized carbons (Fsp3) is 0.500. The predicted molar refractivity (Wildman–Crippen MR) is 74.6 cm³/mol. The van der Waals surface area contributed by atoms with Gasteiger partial charge >= 0.3 is 0 Å². The first kappa shape index (κ1) is 14.6. The summed E-state index contributed by atoms with van der Waals surface area (Å²) < 4.78 is 19.8. The molecule has 19 heavy (non-hydrogen) atoms. The highest BCUT2D eigenvalue weighted by atomic mass is 79.9. The van der Waals surface area contributed by atoms with Crippen molar-refractivity contribution >= 4 is 21.7 Å². The Bertz CT molecular complexity index is 467. The second-order valence-electron chi connectivity index (χ2n) is 4.69. The molecule has 0 spiro atoms. The summed E-state index contributed by atoms with van der Waals surface area (Å²) in [5.41, 5.74) is 0.432. The second kappa shape index (κ2) is 6.59. The van der Waals surface area contributed by atoms with Crippen LogP contribution in [0, 0.1) is 11.7 Å². The lowest BCUT2D eigenvalue weighted by atomic mass is 9.93. The van der Waals surface area contributed by atoms with E-state index in [1.165, 1.54) is 6.07 Å². The van der Waals surface area contributed by atoms with Crippen molar-refractivity contribution in [2.75, 3.05) is 19.8 Å². The molecule has 0 aromatic heterocycles. The van der Waals surface area contributed by atoms with Gasteiger partial charge in [-0.15, -0.1) is 0 Å². The van der Waals surface area contributed by atoms with Gasteiger partial charge in [-0.2, -0.15) is 0 Å². The van der Waals surface area contributed by atoms with Gasteiger partial charge in [-0.05, 0) is 30.3 Å². The van der Waals surface area contributed by atoms with E-state index in [9.17, 15) is 9.18 Å². The van der Waals surface area contributed by atoms with Crippen LogP contribution in [0.4, 0.5) is 4.39 Å². The Hall–Kier alpha value is -0.780. The van der Waals surface area contributed by atoms with E-state index >= 15 is 0 Å². The Morgan fingerprint density at radius 2 is 2.32 bits per heavy atom. The van der Waals surface area contributed by atoms with Crippen LogP contribution in [0.3, 0.4) is 0 Å². The summed E-state index contributed by atoms with van der Waals surface area (Å²) in [6.45, 7) is 3.76. The lowest BCUT2D eigenvalue weighted by Crippen LogP contribution is -2.39. The second-order valence-corrected chi connectivity index (χ2v) is 5.60. The highest BCUT2D eigenvalue weighted by Crippen LogP contribution is 2.20. The zero-order valence-corrected chi connectivity index (χ0v) is 12.4. The number of halogens is 2. The maximum Gasteiger partial charge on any atom is 0.144 e. The molecule has 0 bridgehead atoms. The molecular weight excluding hydrogens is 313 g/mol. The SMILES string of the molecule is CCNC1COCC1C(=O)Cc1cc(Br)ccc1F. The lowest BCUT2D eigenvalue weighted by molar-refractivity contribution is -0.122. The quantitative estimate of drug-likeness (QED) is 0.901. The van der Waals surface area contributed by atoms with E-state index in [2.05, 4.69) is 21.2 Å². The normalized spacial score (nSPS) is 22.7. The van der Waals surface area contributed by atoms with E-state index in [1.807, 2.05) is 6.92 Å². The number of likely N-dealkylation sites (N-methyl/N-ethyl adjacent to an activating group) is 1. The van der Waals surface area contributed by atoms with Crippen LogP contribution in [0.25, 0.3) is 0 Å². The molecule has 1 aromatic rings. The molecule has 5 heteroatoms. The molecule has 1 aliphatic rings. The monoisotopic (exact) mass is 329 g/mol. The van der Waals surface area contributed by atoms with Crippen molar-refractivity contribution in [3.63, 3.8) is 0 Å². The van der Waals surface area contributed by atoms with Crippen LogP contribution in [0.2, 0.25) is 0 Å². The summed E-state index contributed by atoms with van der Waals surface area (Å²) in [5, 5.41) is 3.24. The number of carbonyl (C=O) groups is 1. The van der Waals surface area contributed by atoms with Gasteiger partial charge in [0.15, 0.2) is 0 Å². The number of hydrogen-bond acceptors (Lipinski definition) is 3. The van der Waals surface area contributed by atoms with Crippen LogP contribution < -0.4 is 5.32 Å². The molecule has 1 aromatic carbocycles. The molecule has 104 valence electrons. The summed E-state index contributed by atoms with van der Waals surface area (Å²) in [6.07, 6.45) is 0.112. The van der Waals surface area contributed by atoms with Gasteiger partial charge < -0.3 is 10.1 Å². The van der Waals surface area contributed by atoms with E-state index in [-0.39, 0.29) is 30.0 Å². The molecule has 1 aliphatic heterocycles. The Morgan fingerprint density at radius 3 is 3.05 bits per heavy atom. The van der Waals surface area contributed by atoms with E-state index in [0.717, 1.165) is 11.0 Å². The zero-order valence-electron chi connectivity index (χ0n) is 10.8. The molecule has 2 unspecified atom stereocenters. The van der Waals surface area contributed by atoms with Crippen molar-refractivity contribution in [3.8, 4) is 0 Å². The molecule has 2 atom stereocenters. The van der Waals surface area contributed by atoms with Crippen LogP contribution in [0.15, 0.2) is 22.7 Å². The third-order valence-electron chi connectivity index (χ3n) is 3.33. The summed E-state index contributed by atoms with van der Waals surface area (Å²) in [4.78, 5) is 12.3. The van der Waals surface area contributed by atoms with Crippen LogP contribution in [-0.4, -0.2) is 31.6 Å². The maximum atomic E-state index is 13.6. The molecule has 1 fully saturated rings. The molecule has 1 saturated heterocycles. The van der Waals surface area contributed by atoms with Crippen molar-refractivity contribution < 1.29 is 13.9 Å². The van der Waals surface area contributed by atoms with Crippen molar-refractivity contribution in [3.05, 3.63) is 34.1 Å². The number of ketones is 1. The molecule has 0 saturated carbocycles. The topological polar surface area (TPSA) is 38.3 Å². The summed E-state index contributed by atoms with van der Waals surface area (Å²) in [6, 6.07) is 4.71. The van der Waals surface area contributed by atoms with Gasteiger partial charge in [0.25, 0.3) is 0 Å². The zero-order chi connectivity index (χ0) is 13.8. The average Bonchev–Trinajstić information content (AvgIpc) is 2.82. The number of benzene rings is 1. The standard InChI is InChI=1S/C14H17BrFNO2/c1-2-17-13-8-19-7-11(13)14(18)6-9-5-10(15)3-4-12(9)16/h3-5,11,13,17H,2,6-8H2,1H3. The summed E-state index contributed by atoms with van der Waals surface area (Å²) in [7, 11) is 0. The van der Waals surface area contributed by atoms with Crippen molar-refractivity contribution in [1.82, 2.24) is 5.32 Å². The minimum absolute atomic E-state index is 0.0282. The Morgan fingerprint density at radius 1 is 1.53 bits per heavy atom. The highest BCUT2D eigenvalue weighted by Gasteiger charge is 2.33. The number of nitrogens with one attached hydrogen (secondary N) is 1. The summed E-state index contributed by atoms with van der Waals surface area (Å²) in [5.74, 6) is -0.491. The Labute approximate surface area is 120 Å². The molecule has 0 aliphatic carbocycles. The van der Waals surface area contributed by atoms with Gasteiger partial charge in [0.05, 0.1) is 19.1 Å². The van der Waals surface area contributed by atoms with E-state index in [4.69, 9.17) is 4.74 Å². The van der Waals surface area contributed by atoms with Gasteiger partial charge in [-0.1, -0.05) is 22.9 Å². The van der Waals surface area contributed by atoms with Gasteiger partial charge in [0, 0.05) is 16.9 Å². The molecule has 0 radical (unpaired) electrons. The number of ether oxygens (including phenoxy) is 1. The van der Waals surface area contributed by atoms with Crippen LogP contribution in [0.5, 0.6) is 0 Å². The third kappa shape index (κ3) is 3.61. The summed E-state index contributed by atoms with van der Waals surface area (Å²) >= 11 is 3.29. The Kier molecular flexibility index (Phi) is 5.07. The number of hydrogen-bond donors (Lipinski definition) is 1. The molecule has 3 nitrogen and oxygen atoms in total. The first-order valence-electron chi connectivity index (χ1n) is 6.39.